The van der Waals surface area contributed by atoms with Gasteiger partial charge in [-0.15, -0.1) is 0 Å². The molecule has 3 N–H and O–H groups in total. The van der Waals surface area contributed by atoms with E-state index in [0.717, 1.165) is 0 Å². The molecule has 0 fully saturated rings. The van der Waals surface area contributed by atoms with Crippen LogP contribution in [-0.2, 0) is 19.1 Å². The van der Waals surface area contributed by atoms with Crippen LogP contribution >= 0.6 is 0 Å². The summed E-state index contributed by atoms with van der Waals surface area (Å²) in [6.07, 6.45) is -0.416. The maximum atomic E-state index is 11.8. The van der Waals surface area contributed by atoms with Gasteiger partial charge in [0.2, 0.25) is 0 Å². The minimum Gasteiger partial charge on any atom is -0.481 e. The highest BCUT2D eigenvalue weighted by molar-refractivity contribution is 5.75. The van der Waals surface area contributed by atoms with Crippen LogP contribution in [0.1, 0.15) is 33.6 Å². The van der Waals surface area contributed by atoms with Crippen molar-refractivity contribution >= 4 is 11.9 Å². The van der Waals surface area contributed by atoms with Gasteiger partial charge in [-0.1, -0.05) is 13.8 Å². The topological polar surface area (TPSA) is 98.9 Å². The Kier molecular flexibility index (Phi) is 9.34. The van der Waals surface area contributed by atoms with Gasteiger partial charge >= 0.3 is 11.9 Å². The summed E-state index contributed by atoms with van der Waals surface area (Å²) in [4.78, 5) is 22.8. The van der Waals surface area contributed by atoms with Crippen LogP contribution in [-0.4, -0.2) is 74.1 Å². The summed E-state index contributed by atoms with van der Waals surface area (Å²) in [6, 6.07) is -0.640. The third-order valence-corrected chi connectivity index (χ3v) is 3.07. The molecule has 0 bridgehead atoms. The number of quaternary nitrogens is 1. The number of nitrogens with zero attached hydrogens (tertiary/aromatic N) is 1. The molecule has 0 aromatic rings. The smallest absolute Gasteiger partial charge is 0.323 e. The number of nitrogens with two attached hydrogens (primary N) is 1. The van der Waals surface area contributed by atoms with E-state index in [-0.39, 0.29) is 13.0 Å². The lowest BCUT2D eigenvalue weighted by Crippen LogP contribution is -2.44. The maximum Gasteiger partial charge on any atom is 0.323 e. The van der Waals surface area contributed by atoms with Gasteiger partial charge in [0, 0.05) is 0 Å². The second-order valence-electron chi connectivity index (χ2n) is 7.51. The summed E-state index contributed by atoms with van der Waals surface area (Å²) in [5.41, 5.74) is 5.78. The molecule has 0 spiro atoms. The number of esters is 1. The highest BCUT2D eigenvalue weighted by atomic mass is 16.6. The molecule has 23 heavy (non-hydrogen) atoms. The number of carboxylic acids is 1. The van der Waals surface area contributed by atoms with Gasteiger partial charge < -0.3 is 24.8 Å². The van der Waals surface area contributed by atoms with E-state index in [9.17, 15) is 9.59 Å². The molecular weight excluding hydrogens is 300 g/mol. The van der Waals surface area contributed by atoms with Crippen molar-refractivity contribution < 1.29 is 28.7 Å². The fourth-order valence-corrected chi connectivity index (χ4v) is 2.18. The van der Waals surface area contributed by atoms with Gasteiger partial charge in [-0.3, -0.25) is 9.59 Å². The predicted molar refractivity (Wildman–Crippen MR) is 87.9 cm³/mol. The largest absolute Gasteiger partial charge is 0.481 e. The Hall–Kier alpha value is -1.18. The van der Waals surface area contributed by atoms with Gasteiger partial charge in [-0.25, -0.2) is 0 Å². The highest BCUT2D eigenvalue weighted by Gasteiger charge is 2.24. The zero-order valence-electron chi connectivity index (χ0n) is 15.2. The highest BCUT2D eigenvalue weighted by Crippen LogP contribution is 2.09. The first-order valence-electron chi connectivity index (χ1n) is 8.00. The number of carboxylic acid groups (broad SMARTS) is 1. The van der Waals surface area contributed by atoms with E-state index in [2.05, 4.69) is 0 Å². The van der Waals surface area contributed by atoms with Crippen molar-refractivity contribution in [1.82, 2.24) is 0 Å². The van der Waals surface area contributed by atoms with Gasteiger partial charge in [-0.2, -0.15) is 0 Å². The number of carbonyl (C=O) groups excluding carboxylic acids is 1. The molecule has 0 saturated heterocycles. The fourth-order valence-electron chi connectivity index (χ4n) is 2.18. The average Bonchev–Trinajstić information content (AvgIpc) is 2.32. The van der Waals surface area contributed by atoms with Crippen LogP contribution in [0, 0.1) is 5.92 Å². The molecular formula is C16H33N2O5+. The number of likely N-dealkylation sites (N-methyl/N-ethyl adjacent to an activating group) is 1. The van der Waals surface area contributed by atoms with E-state index in [0.29, 0.717) is 23.4 Å². The lowest BCUT2D eigenvalue weighted by atomic mass is 10.1. The molecule has 0 saturated carbocycles. The molecule has 0 aromatic carbocycles. The van der Waals surface area contributed by atoms with Gasteiger partial charge in [0.1, 0.15) is 24.8 Å². The van der Waals surface area contributed by atoms with Gasteiger partial charge in [-0.05, 0) is 19.3 Å². The Balaban J connectivity index is 4.37. The van der Waals surface area contributed by atoms with Crippen molar-refractivity contribution in [2.75, 3.05) is 34.3 Å². The lowest BCUT2D eigenvalue weighted by Gasteiger charge is -2.29. The van der Waals surface area contributed by atoms with Crippen LogP contribution in [0.3, 0.4) is 0 Å². The summed E-state index contributed by atoms with van der Waals surface area (Å²) in [5.74, 6) is -1.04. The van der Waals surface area contributed by atoms with Crippen LogP contribution in [0.2, 0.25) is 0 Å². The molecule has 7 heteroatoms. The molecule has 0 rings (SSSR count). The van der Waals surface area contributed by atoms with Crippen molar-refractivity contribution in [3.8, 4) is 0 Å². The number of rotatable bonds is 11. The molecule has 0 heterocycles. The van der Waals surface area contributed by atoms with Gasteiger partial charge in [0.15, 0.2) is 0 Å². The summed E-state index contributed by atoms with van der Waals surface area (Å²) < 4.78 is 11.5. The number of hydrogen-bond acceptors (Lipinski definition) is 5. The number of hydrogen-bond donors (Lipinski definition) is 2. The molecule has 0 aliphatic rings. The second-order valence-corrected chi connectivity index (χ2v) is 7.51. The van der Waals surface area contributed by atoms with Crippen LogP contribution in [0.5, 0.6) is 0 Å². The number of ether oxygens (including phenoxy) is 2. The molecule has 0 amide bonds. The molecule has 3 atom stereocenters. The van der Waals surface area contributed by atoms with E-state index in [4.69, 9.17) is 20.3 Å². The molecule has 0 aromatic heterocycles. The Morgan fingerprint density at radius 2 is 1.74 bits per heavy atom. The van der Waals surface area contributed by atoms with Crippen LogP contribution in [0.4, 0.5) is 0 Å². The lowest BCUT2D eigenvalue weighted by molar-refractivity contribution is -0.873. The SMILES string of the molecule is CC(C)C[C@H](N)C(=O)OC(C)COC(CC(=O)O)C[N+](C)(C)C. The van der Waals surface area contributed by atoms with E-state index in [1.807, 2.05) is 35.0 Å². The first-order valence-corrected chi connectivity index (χ1v) is 8.00. The summed E-state index contributed by atoms with van der Waals surface area (Å²) in [5, 5.41) is 8.96. The van der Waals surface area contributed by atoms with Crippen LogP contribution in [0.15, 0.2) is 0 Å². The monoisotopic (exact) mass is 333 g/mol. The number of carbonyl (C=O) groups is 2. The van der Waals surface area contributed by atoms with E-state index >= 15 is 0 Å². The van der Waals surface area contributed by atoms with Crippen LogP contribution < -0.4 is 5.73 Å². The molecule has 136 valence electrons. The van der Waals surface area contributed by atoms with E-state index in [1.165, 1.54) is 0 Å². The quantitative estimate of drug-likeness (QED) is 0.430. The normalized spacial score (nSPS) is 16.0. The first kappa shape index (κ1) is 21.8. The van der Waals surface area contributed by atoms with Crippen molar-refractivity contribution in [2.45, 2.75) is 51.9 Å². The fraction of sp³-hybridized carbons (Fsp3) is 0.875. The zero-order valence-corrected chi connectivity index (χ0v) is 15.2. The first-order chi connectivity index (χ1) is 10.4. The Morgan fingerprint density at radius 3 is 2.17 bits per heavy atom. The van der Waals surface area contributed by atoms with Crippen molar-refractivity contribution in [3.63, 3.8) is 0 Å². The summed E-state index contributed by atoms with van der Waals surface area (Å²) in [7, 11) is 5.89. The van der Waals surface area contributed by atoms with E-state index in [1.54, 1.807) is 6.92 Å². The zero-order chi connectivity index (χ0) is 18.2. The third-order valence-electron chi connectivity index (χ3n) is 3.07. The average molecular weight is 333 g/mol. The van der Waals surface area contributed by atoms with Gasteiger partial charge in [0.25, 0.3) is 0 Å². The Morgan fingerprint density at radius 1 is 1.17 bits per heavy atom. The predicted octanol–water partition coefficient (Wildman–Crippen LogP) is 0.858. The Labute approximate surface area is 139 Å². The minimum atomic E-state index is -0.910. The van der Waals surface area contributed by atoms with Crippen molar-refractivity contribution in [2.24, 2.45) is 11.7 Å². The third kappa shape index (κ3) is 12.0. The van der Waals surface area contributed by atoms with Gasteiger partial charge in [0.05, 0.1) is 34.2 Å². The van der Waals surface area contributed by atoms with Crippen molar-refractivity contribution in [1.29, 1.82) is 0 Å². The molecule has 7 nitrogen and oxygen atoms in total. The minimum absolute atomic E-state index is 0.0803. The summed E-state index contributed by atoms with van der Waals surface area (Å²) in [6.45, 7) is 6.39. The second kappa shape index (κ2) is 9.85. The van der Waals surface area contributed by atoms with Crippen LogP contribution in [0.25, 0.3) is 0 Å². The van der Waals surface area contributed by atoms with Crippen molar-refractivity contribution in [3.05, 3.63) is 0 Å². The molecule has 0 aliphatic carbocycles. The number of aliphatic carboxylic acids is 1. The Bertz CT molecular complexity index is 379. The standard InChI is InChI=1S/C16H32N2O5/c1-11(2)7-14(17)16(21)23-12(3)10-22-13(8-15(19)20)9-18(4,5)6/h11-14H,7-10,17H2,1-6H3/p+1/t12?,13?,14-/m0/s1. The summed E-state index contributed by atoms with van der Waals surface area (Å²) >= 11 is 0. The van der Waals surface area contributed by atoms with E-state index < -0.39 is 30.2 Å². The molecule has 0 radical (unpaired) electrons. The maximum absolute atomic E-state index is 11.8. The molecule has 0 aliphatic heterocycles. The molecule has 2 unspecified atom stereocenters.